The number of benzene rings is 3. The first-order valence-corrected chi connectivity index (χ1v) is 7.48. The Morgan fingerprint density at radius 3 is 2.50 bits per heavy atom. The molecule has 4 aromatic rings. The number of fused-ring (bicyclic) bond motifs is 3. The molecule has 0 N–H and O–H groups in total. The molecule has 3 aromatic carbocycles. The second-order valence-corrected chi connectivity index (χ2v) is 5.69. The fourth-order valence-corrected chi connectivity index (χ4v) is 3.18. The number of aryl methyl sites for hydroxylation is 2. The van der Waals surface area contributed by atoms with Crippen LogP contribution in [-0.2, 0) is 7.05 Å². The van der Waals surface area contributed by atoms with Crippen LogP contribution in [0.1, 0.15) is 5.56 Å². The summed E-state index contributed by atoms with van der Waals surface area (Å²) in [5, 5.41) is 5.10. The van der Waals surface area contributed by atoms with Crippen LogP contribution in [0.15, 0.2) is 67.0 Å². The van der Waals surface area contributed by atoms with E-state index in [1.54, 1.807) is 0 Å². The van der Waals surface area contributed by atoms with Crippen molar-refractivity contribution >= 4 is 21.5 Å². The van der Waals surface area contributed by atoms with Crippen molar-refractivity contribution in [2.45, 2.75) is 6.92 Å². The fraction of sp³-hybridized carbons (Fsp3) is 0.100. The van der Waals surface area contributed by atoms with Gasteiger partial charge in [0, 0.05) is 6.07 Å². The first-order chi connectivity index (χ1) is 10.8. The lowest BCUT2D eigenvalue weighted by molar-refractivity contribution is -0.663. The van der Waals surface area contributed by atoms with E-state index >= 15 is 0 Å². The van der Waals surface area contributed by atoms with Crippen LogP contribution < -0.4 is 4.57 Å². The van der Waals surface area contributed by atoms with Gasteiger partial charge in [0.05, 0.1) is 18.8 Å². The molecule has 4 rings (SSSR count). The highest BCUT2D eigenvalue weighted by molar-refractivity contribution is 6.11. The molecular weight excluding hydrogens is 268 g/mol. The van der Waals surface area contributed by atoms with Crippen LogP contribution in [0.4, 0.5) is 0 Å². The summed E-state index contributed by atoms with van der Waals surface area (Å²) in [6, 6.07) is 19.3. The molecule has 2 heteroatoms. The average molecular weight is 285 g/mol. The van der Waals surface area contributed by atoms with Crippen molar-refractivity contribution in [1.82, 2.24) is 4.98 Å². The summed E-state index contributed by atoms with van der Waals surface area (Å²) in [5.74, 6) is 1.00. The molecule has 1 aromatic heterocycles. The van der Waals surface area contributed by atoms with Gasteiger partial charge in [-0.2, -0.15) is 0 Å². The van der Waals surface area contributed by atoms with E-state index in [0.29, 0.717) is 0 Å². The predicted molar refractivity (Wildman–Crippen MR) is 90.6 cm³/mol. The van der Waals surface area contributed by atoms with E-state index in [2.05, 4.69) is 65.0 Å². The third-order valence-electron chi connectivity index (χ3n) is 4.28. The Balaban J connectivity index is 2.17. The van der Waals surface area contributed by atoms with Gasteiger partial charge in [-0.25, -0.2) is 4.57 Å². The average Bonchev–Trinajstić information content (AvgIpc) is 2.55. The smallest absolute Gasteiger partial charge is 0.233 e. The van der Waals surface area contributed by atoms with Gasteiger partial charge in [-0.1, -0.05) is 48.5 Å². The first kappa shape index (κ1) is 13.0. The monoisotopic (exact) mass is 285 g/mol. The van der Waals surface area contributed by atoms with Crippen molar-refractivity contribution in [3.63, 3.8) is 0 Å². The van der Waals surface area contributed by atoms with Crippen LogP contribution in [-0.4, -0.2) is 4.98 Å². The Morgan fingerprint density at radius 2 is 1.64 bits per heavy atom. The van der Waals surface area contributed by atoms with Gasteiger partial charge < -0.3 is 0 Å². The lowest BCUT2D eigenvalue weighted by Crippen LogP contribution is -2.31. The molecule has 0 atom stereocenters. The molecular formula is C20H17N2+. The van der Waals surface area contributed by atoms with Gasteiger partial charge in [0.1, 0.15) is 6.20 Å². The van der Waals surface area contributed by atoms with Crippen molar-refractivity contribution in [1.29, 1.82) is 0 Å². The molecule has 0 fully saturated rings. The van der Waals surface area contributed by atoms with Crippen molar-refractivity contribution in [3.8, 4) is 11.4 Å². The zero-order chi connectivity index (χ0) is 15.1. The van der Waals surface area contributed by atoms with Gasteiger partial charge in [0.2, 0.25) is 0 Å². The lowest BCUT2D eigenvalue weighted by Gasteiger charge is -2.10. The molecule has 0 aliphatic rings. The molecule has 0 saturated heterocycles. The Kier molecular flexibility index (Phi) is 2.90. The summed E-state index contributed by atoms with van der Waals surface area (Å²) >= 11 is 0. The molecule has 0 amide bonds. The summed E-state index contributed by atoms with van der Waals surface area (Å²) in [7, 11) is 2.04. The molecule has 0 aliphatic carbocycles. The fourth-order valence-electron chi connectivity index (χ4n) is 3.18. The Labute approximate surface area is 129 Å². The van der Waals surface area contributed by atoms with Gasteiger partial charge >= 0.3 is 5.82 Å². The number of hydrogen-bond donors (Lipinski definition) is 0. The number of aromatic nitrogens is 2. The molecule has 2 nitrogen and oxygen atoms in total. The van der Waals surface area contributed by atoms with E-state index in [4.69, 9.17) is 0 Å². The zero-order valence-electron chi connectivity index (χ0n) is 12.7. The standard InChI is InChI=1S/C20H17N2/c1-14-8-10-17-16-7-4-3-6-15(16)9-11-18(17)19(14)20-21-12-5-13-22(20)2/h3-13H,1-2H3/q+1. The third kappa shape index (κ3) is 1.88. The minimum Gasteiger partial charge on any atom is -0.233 e. The maximum atomic E-state index is 4.60. The Morgan fingerprint density at radius 1 is 0.818 bits per heavy atom. The van der Waals surface area contributed by atoms with Crippen LogP contribution in [0.3, 0.4) is 0 Å². The van der Waals surface area contributed by atoms with Gasteiger partial charge in [-0.15, -0.1) is 0 Å². The van der Waals surface area contributed by atoms with Gasteiger partial charge in [-0.3, -0.25) is 0 Å². The van der Waals surface area contributed by atoms with Gasteiger partial charge in [0.25, 0.3) is 0 Å². The number of nitrogens with zero attached hydrogens (tertiary/aromatic N) is 2. The largest absolute Gasteiger partial charge is 0.330 e. The van der Waals surface area contributed by atoms with Gasteiger partial charge in [0.15, 0.2) is 0 Å². The first-order valence-electron chi connectivity index (χ1n) is 7.48. The highest BCUT2D eigenvalue weighted by Crippen LogP contribution is 2.33. The molecule has 22 heavy (non-hydrogen) atoms. The van der Waals surface area contributed by atoms with Crippen molar-refractivity contribution in [2.24, 2.45) is 7.05 Å². The molecule has 0 radical (unpaired) electrons. The van der Waals surface area contributed by atoms with Crippen LogP contribution in [0, 0.1) is 6.92 Å². The van der Waals surface area contributed by atoms with Crippen LogP contribution in [0.5, 0.6) is 0 Å². The summed E-state index contributed by atoms with van der Waals surface area (Å²) in [6.45, 7) is 2.15. The number of rotatable bonds is 1. The SMILES string of the molecule is Cc1ccc2c(ccc3ccccc32)c1-c1nccc[n+]1C. The molecule has 0 spiro atoms. The van der Waals surface area contributed by atoms with E-state index in [-0.39, 0.29) is 0 Å². The molecule has 1 heterocycles. The van der Waals surface area contributed by atoms with Crippen molar-refractivity contribution in [3.05, 3.63) is 72.6 Å². The van der Waals surface area contributed by atoms with Crippen LogP contribution >= 0.6 is 0 Å². The van der Waals surface area contributed by atoms with E-state index in [1.807, 2.05) is 25.5 Å². The minimum absolute atomic E-state index is 1.00. The molecule has 0 unspecified atom stereocenters. The highest BCUT2D eigenvalue weighted by atomic mass is 15.0. The van der Waals surface area contributed by atoms with E-state index in [1.165, 1.54) is 32.7 Å². The Bertz CT molecular complexity index is 1000. The summed E-state index contributed by atoms with van der Waals surface area (Å²) in [5.41, 5.74) is 2.46. The normalized spacial score (nSPS) is 11.2. The quantitative estimate of drug-likeness (QED) is 0.378. The summed E-state index contributed by atoms with van der Waals surface area (Å²) < 4.78 is 2.08. The molecule has 0 bridgehead atoms. The third-order valence-corrected chi connectivity index (χ3v) is 4.28. The topological polar surface area (TPSA) is 16.8 Å². The van der Waals surface area contributed by atoms with E-state index < -0.39 is 0 Å². The van der Waals surface area contributed by atoms with Crippen LogP contribution in [0.2, 0.25) is 0 Å². The second-order valence-electron chi connectivity index (χ2n) is 5.69. The van der Waals surface area contributed by atoms with E-state index in [9.17, 15) is 0 Å². The summed E-state index contributed by atoms with van der Waals surface area (Å²) in [6.07, 6.45) is 3.90. The lowest BCUT2D eigenvalue weighted by atomic mass is 9.95. The highest BCUT2D eigenvalue weighted by Gasteiger charge is 2.18. The second kappa shape index (κ2) is 4.92. The zero-order valence-corrected chi connectivity index (χ0v) is 12.7. The Hall–Kier alpha value is -2.74. The van der Waals surface area contributed by atoms with Gasteiger partial charge in [-0.05, 0) is 39.0 Å². The molecule has 0 saturated carbocycles. The van der Waals surface area contributed by atoms with Crippen molar-refractivity contribution in [2.75, 3.05) is 0 Å². The number of hydrogen-bond acceptors (Lipinski definition) is 1. The van der Waals surface area contributed by atoms with E-state index in [0.717, 1.165) is 5.82 Å². The molecule has 106 valence electrons. The predicted octanol–water partition coefficient (Wildman–Crippen LogP) is 4.19. The summed E-state index contributed by atoms with van der Waals surface area (Å²) in [4.78, 5) is 4.60. The maximum absolute atomic E-state index is 4.60. The minimum atomic E-state index is 1.00. The molecule has 0 aliphatic heterocycles. The van der Waals surface area contributed by atoms with Crippen molar-refractivity contribution < 1.29 is 4.57 Å². The maximum Gasteiger partial charge on any atom is 0.330 e. The van der Waals surface area contributed by atoms with Crippen LogP contribution in [0.25, 0.3) is 32.9 Å².